The number of anilines is 3. The predicted octanol–water partition coefficient (Wildman–Crippen LogP) is 3.47. The lowest BCUT2D eigenvalue weighted by molar-refractivity contribution is -0.123. The number of nitrogens with one attached hydrogen (secondary N) is 4. The molecule has 0 bridgehead atoms. The van der Waals surface area contributed by atoms with Gasteiger partial charge in [0.25, 0.3) is 5.91 Å². The third-order valence-electron chi connectivity index (χ3n) is 7.30. The SMILES string of the molecule is N[C@@H](Cc1cscn1)C(=O)NC1CCC(Nc2cc(NC3CC3)c3ncc(C(=O)Nc4ccnc(Cl)c4)n3n2)CC1. The maximum Gasteiger partial charge on any atom is 0.276 e. The third-order valence-corrected chi connectivity index (χ3v) is 8.14. The van der Waals surface area contributed by atoms with E-state index in [0.29, 0.717) is 35.3 Å². The number of fused-ring (bicyclic) bond motifs is 1. The monoisotopic (exact) mass is 594 g/mol. The molecule has 2 fully saturated rings. The van der Waals surface area contributed by atoms with Crippen molar-refractivity contribution < 1.29 is 9.59 Å². The van der Waals surface area contributed by atoms with Crippen LogP contribution in [-0.2, 0) is 11.2 Å². The molecule has 2 aliphatic rings. The van der Waals surface area contributed by atoms with Gasteiger partial charge in [0, 0.05) is 47.9 Å². The number of nitrogens with zero attached hydrogens (tertiary/aromatic N) is 5. The number of halogens is 1. The highest BCUT2D eigenvalue weighted by Gasteiger charge is 2.27. The maximum absolute atomic E-state index is 13.1. The Hall–Kier alpha value is -3.81. The molecular formula is C27H31ClN10O2S. The number of imidazole rings is 1. The van der Waals surface area contributed by atoms with E-state index in [-0.39, 0.29) is 29.1 Å². The van der Waals surface area contributed by atoms with Crippen LogP contribution in [-0.4, -0.2) is 60.5 Å². The van der Waals surface area contributed by atoms with Crippen molar-refractivity contribution in [2.75, 3.05) is 16.0 Å². The van der Waals surface area contributed by atoms with Gasteiger partial charge in [0.05, 0.1) is 29.1 Å². The fourth-order valence-corrected chi connectivity index (χ4v) is 5.72. The average Bonchev–Trinajstić information content (AvgIpc) is 3.42. The molecule has 0 aromatic carbocycles. The first-order valence-corrected chi connectivity index (χ1v) is 15.0. The van der Waals surface area contributed by atoms with Crippen LogP contribution < -0.4 is 27.0 Å². The minimum absolute atomic E-state index is 0.0789. The highest BCUT2D eigenvalue weighted by atomic mass is 35.5. The molecule has 41 heavy (non-hydrogen) atoms. The van der Waals surface area contributed by atoms with Crippen molar-refractivity contribution in [1.82, 2.24) is 29.9 Å². The first-order valence-electron chi connectivity index (χ1n) is 13.7. The molecule has 0 aliphatic heterocycles. The van der Waals surface area contributed by atoms with Crippen LogP contribution in [0.4, 0.5) is 17.2 Å². The first kappa shape index (κ1) is 27.4. The van der Waals surface area contributed by atoms with Gasteiger partial charge in [-0.2, -0.15) is 0 Å². The Morgan fingerprint density at radius 1 is 1.05 bits per heavy atom. The second kappa shape index (κ2) is 12.0. The second-order valence-electron chi connectivity index (χ2n) is 10.6. The lowest BCUT2D eigenvalue weighted by atomic mass is 9.91. The van der Waals surface area contributed by atoms with E-state index >= 15 is 0 Å². The van der Waals surface area contributed by atoms with Crippen molar-refractivity contribution in [3.05, 3.63) is 58.0 Å². The van der Waals surface area contributed by atoms with E-state index < -0.39 is 6.04 Å². The zero-order chi connectivity index (χ0) is 28.3. The summed E-state index contributed by atoms with van der Waals surface area (Å²) in [5, 5.41) is 19.9. The average molecular weight is 595 g/mol. The van der Waals surface area contributed by atoms with Gasteiger partial charge in [0.15, 0.2) is 11.3 Å². The van der Waals surface area contributed by atoms with E-state index in [2.05, 4.69) is 36.2 Å². The minimum atomic E-state index is -0.613. The summed E-state index contributed by atoms with van der Waals surface area (Å²) in [5.74, 6) is 0.153. The van der Waals surface area contributed by atoms with Crippen molar-refractivity contribution in [2.24, 2.45) is 5.73 Å². The van der Waals surface area contributed by atoms with Crippen LogP contribution in [0.2, 0.25) is 5.15 Å². The van der Waals surface area contributed by atoms with Crippen LogP contribution in [0.15, 0.2) is 41.5 Å². The van der Waals surface area contributed by atoms with Gasteiger partial charge in [-0.05, 0) is 50.7 Å². The van der Waals surface area contributed by atoms with Gasteiger partial charge in [-0.3, -0.25) is 9.59 Å². The fourth-order valence-electron chi connectivity index (χ4n) is 4.98. The molecule has 0 radical (unpaired) electrons. The number of carbonyl (C=O) groups is 2. The quantitative estimate of drug-likeness (QED) is 0.173. The summed E-state index contributed by atoms with van der Waals surface area (Å²) in [7, 11) is 0. The number of rotatable bonds is 10. The summed E-state index contributed by atoms with van der Waals surface area (Å²) in [6.45, 7) is 0. The van der Waals surface area contributed by atoms with E-state index in [4.69, 9.17) is 22.4 Å². The zero-order valence-electron chi connectivity index (χ0n) is 22.2. The summed E-state index contributed by atoms with van der Waals surface area (Å²) >= 11 is 7.47. The van der Waals surface area contributed by atoms with Gasteiger partial charge >= 0.3 is 0 Å². The van der Waals surface area contributed by atoms with Crippen LogP contribution in [0.3, 0.4) is 0 Å². The molecule has 4 heterocycles. The Kier molecular flexibility index (Phi) is 7.99. The molecule has 1 atom stereocenters. The molecule has 0 unspecified atom stereocenters. The first-order chi connectivity index (χ1) is 19.9. The number of hydrogen-bond donors (Lipinski definition) is 5. The van der Waals surface area contributed by atoms with E-state index in [1.807, 2.05) is 11.4 Å². The smallest absolute Gasteiger partial charge is 0.276 e. The molecule has 6 rings (SSSR count). The lowest BCUT2D eigenvalue weighted by Crippen LogP contribution is -2.48. The van der Waals surface area contributed by atoms with Crippen LogP contribution in [0.5, 0.6) is 0 Å². The van der Waals surface area contributed by atoms with Gasteiger partial charge < -0.3 is 27.0 Å². The highest BCUT2D eigenvalue weighted by Crippen LogP contribution is 2.30. The zero-order valence-corrected chi connectivity index (χ0v) is 23.8. The normalized spacial score (nSPS) is 19.5. The Bertz CT molecular complexity index is 1530. The molecule has 2 aliphatic carbocycles. The van der Waals surface area contributed by atoms with Gasteiger partial charge in [0.1, 0.15) is 11.0 Å². The van der Waals surface area contributed by atoms with E-state index in [1.165, 1.54) is 23.7 Å². The molecule has 0 spiro atoms. The summed E-state index contributed by atoms with van der Waals surface area (Å²) < 4.78 is 1.57. The molecule has 14 heteroatoms. The van der Waals surface area contributed by atoms with E-state index in [9.17, 15) is 9.59 Å². The van der Waals surface area contributed by atoms with Gasteiger partial charge in [-0.25, -0.2) is 19.5 Å². The summed E-state index contributed by atoms with van der Waals surface area (Å²) in [4.78, 5) is 38.4. The molecule has 6 N–H and O–H groups in total. The van der Waals surface area contributed by atoms with Crippen molar-refractivity contribution in [3.8, 4) is 0 Å². The molecule has 2 saturated carbocycles. The minimum Gasteiger partial charge on any atom is -0.379 e. The number of carbonyl (C=O) groups excluding carboxylic acids is 2. The van der Waals surface area contributed by atoms with Crippen molar-refractivity contribution in [2.45, 2.75) is 69.1 Å². The molecule has 0 saturated heterocycles. The van der Waals surface area contributed by atoms with E-state index in [1.54, 1.807) is 22.2 Å². The van der Waals surface area contributed by atoms with E-state index in [0.717, 1.165) is 49.9 Å². The lowest BCUT2D eigenvalue weighted by Gasteiger charge is -2.30. The molecule has 214 valence electrons. The van der Waals surface area contributed by atoms with Crippen LogP contribution in [0, 0.1) is 0 Å². The van der Waals surface area contributed by atoms with Crippen molar-refractivity contribution in [1.29, 1.82) is 0 Å². The van der Waals surface area contributed by atoms with Crippen LogP contribution >= 0.6 is 22.9 Å². The molecule has 2 amide bonds. The number of nitrogens with two attached hydrogens (primary N) is 1. The standard InChI is InChI=1S/C27H31ClN10O2S/c28-23-10-18(7-8-30-23)36-27(40)22-12-31-25-21(33-15-1-2-15)11-24(37-38(22)25)34-16-3-5-17(6-4-16)35-26(39)20(29)9-19-13-41-14-32-19/h7-8,10-17,20,33H,1-6,9,29H2,(H,34,37)(H,35,39)(H,30,36,40)/t16?,17?,20-/m0/s1. The second-order valence-corrected chi connectivity index (χ2v) is 11.7. The Balaban J connectivity index is 1.11. The molecule has 12 nitrogen and oxygen atoms in total. The molecule has 4 aromatic rings. The summed E-state index contributed by atoms with van der Waals surface area (Å²) in [6.07, 6.45) is 9.05. The van der Waals surface area contributed by atoms with Crippen LogP contribution in [0.25, 0.3) is 5.65 Å². The van der Waals surface area contributed by atoms with Gasteiger partial charge in [-0.1, -0.05) is 11.6 Å². The van der Waals surface area contributed by atoms with Crippen LogP contribution in [0.1, 0.15) is 54.7 Å². The molecular weight excluding hydrogens is 564 g/mol. The van der Waals surface area contributed by atoms with Crippen molar-refractivity contribution >= 4 is 57.6 Å². The number of thiazole rings is 1. The highest BCUT2D eigenvalue weighted by molar-refractivity contribution is 7.07. The summed E-state index contributed by atoms with van der Waals surface area (Å²) in [5.41, 5.74) is 10.9. The fraction of sp³-hybridized carbons (Fsp3) is 0.407. The number of aromatic nitrogens is 5. The Morgan fingerprint density at radius 3 is 2.54 bits per heavy atom. The Morgan fingerprint density at radius 2 is 1.80 bits per heavy atom. The number of amides is 2. The third kappa shape index (κ3) is 6.75. The number of hydrogen-bond acceptors (Lipinski definition) is 10. The topological polar surface area (TPSA) is 164 Å². The summed E-state index contributed by atoms with van der Waals surface area (Å²) in [6, 6.07) is 5.23. The Labute approximate surface area is 245 Å². The largest absolute Gasteiger partial charge is 0.379 e. The molecule has 4 aromatic heterocycles. The predicted molar refractivity (Wildman–Crippen MR) is 158 cm³/mol. The van der Waals surface area contributed by atoms with Crippen molar-refractivity contribution in [3.63, 3.8) is 0 Å². The van der Waals surface area contributed by atoms with Gasteiger partial charge in [0.2, 0.25) is 5.91 Å². The number of pyridine rings is 1. The van der Waals surface area contributed by atoms with Gasteiger partial charge in [-0.15, -0.1) is 16.4 Å². The maximum atomic E-state index is 13.1.